The van der Waals surface area contributed by atoms with Gasteiger partial charge in [0.15, 0.2) is 0 Å². The van der Waals surface area contributed by atoms with Crippen LogP contribution < -0.4 is 19.1 Å². The summed E-state index contributed by atoms with van der Waals surface area (Å²) in [4.78, 5) is 29.5. The molecule has 1 atom stereocenters. The molecule has 0 aliphatic rings. The van der Waals surface area contributed by atoms with E-state index in [0.29, 0.717) is 23.8 Å². The highest BCUT2D eigenvalue weighted by Crippen LogP contribution is 2.28. The average molecular weight is 614 g/mol. The van der Waals surface area contributed by atoms with Crippen LogP contribution in [0.2, 0.25) is 0 Å². The summed E-state index contributed by atoms with van der Waals surface area (Å²) in [5.74, 6) is 0.297. The van der Waals surface area contributed by atoms with Gasteiger partial charge in [0, 0.05) is 17.5 Å². The van der Waals surface area contributed by atoms with Crippen molar-refractivity contribution in [1.29, 1.82) is 0 Å². The Morgan fingerprint density at radius 1 is 0.952 bits per heavy atom. The van der Waals surface area contributed by atoms with Crippen LogP contribution in [0.3, 0.4) is 0 Å². The van der Waals surface area contributed by atoms with E-state index in [1.165, 1.54) is 28.8 Å². The maximum Gasteiger partial charge on any atom is 0.264 e. The molecule has 0 saturated carbocycles. The summed E-state index contributed by atoms with van der Waals surface area (Å²) >= 11 is 1.50. The van der Waals surface area contributed by atoms with Gasteiger partial charge in [-0.3, -0.25) is 13.9 Å². The molecule has 0 spiro atoms. The zero-order chi connectivity index (χ0) is 30.9. The number of ether oxygens (including phenoxy) is 2. The second kappa shape index (κ2) is 15.0. The highest BCUT2D eigenvalue weighted by Gasteiger charge is 2.32. The monoisotopic (exact) mass is 613 g/mol. The molecule has 0 aliphatic carbocycles. The van der Waals surface area contributed by atoms with E-state index in [0.717, 1.165) is 14.8 Å². The Labute approximate surface area is 253 Å². The molecule has 0 saturated heterocycles. The molecule has 2 amide bonds. The number of nitrogens with zero attached hydrogens (tertiary/aromatic N) is 2. The number of methoxy groups -OCH3 is 1. The van der Waals surface area contributed by atoms with Crippen LogP contribution in [0.25, 0.3) is 0 Å². The van der Waals surface area contributed by atoms with E-state index in [9.17, 15) is 18.0 Å². The van der Waals surface area contributed by atoms with E-state index in [-0.39, 0.29) is 23.4 Å². The summed E-state index contributed by atoms with van der Waals surface area (Å²) < 4.78 is 40.0. The molecule has 0 aliphatic heterocycles. The Morgan fingerprint density at radius 3 is 2.19 bits per heavy atom. The second-order valence-electron chi connectivity index (χ2n) is 9.83. The lowest BCUT2D eigenvalue weighted by atomic mass is 10.1. The Hall–Kier alpha value is -3.70. The zero-order valence-corrected chi connectivity index (χ0v) is 26.5. The molecule has 1 unspecified atom stereocenters. The van der Waals surface area contributed by atoms with E-state index in [1.54, 1.807) is 68.6 Å². The minimum atomic E-state index is -4.17. The number of benzene rings is 3. The molecule has 11 heteroatoms. The molecular weight excluding hydrogens is 574 g/mol. The Morgan fingerprint density at radius 2 is 1.62 bits per heavy atom. The van der Waals surface area contributed by atoms with Crippen LogP contribution in [0, 0.1) is 0 Å². The first-order valence-corrected chi connectivity index (χ1v) is 16.3. The molecule has 3 rings (SSSR count). The highest BCUT2D eigenvalue weighted by atomic mass is 32.2. The van der Waals surface area contributed by atoms with Gasteiger partial charge in [-0.1, -0.05) is 12.1 Å². The van der Waals surface area contributed by atoms with E-state index < -0.39 is 28.5 Å². The third-order valence-electron chi connectivity index (χ3n) is 6.45. The van der Waals surface area contributed by atoms with E-state index in [2.05, 4.69) is 5.32 Å². The number of rotatable bonds is 14. The predicted octanol–water partition coefficient (Wildman–Crippen LogP) is 4.95. The van der Waals surface area contributed by atoms with Crippen molar-refractivity contribution in [2.75, 3.05) is 30.8 Å². The molecule has 9 nitrogen and oxygen atoms in total. The highest BCUT2D eigenvalue weighted by molar-refractivity contribution is 7.98. The molecule has 0 fully saturated rings. The molecule has 3 aromatic rings. The molecule has 3 aromatic carbocycles. The smallest absolute Gasteiger partial charge is 0.264 e. The van der Waals surface area contributed by atoms with Crippen molar-refractivity contribution in [3.05, 3.63) is 78.4 Å². The number of sulfonamides is 1. The van der Waals surface area contributed by atoms with E-state index in [4.69, 9.17) is 9.47 Å². The summed E-state index contributed by atoms with van der Waals surface area (Å²) in [6.07, 6.45) is 1.90. The fraction of sp³-hybridized carbons (Fsp3) is 0.355. The van der Waals surface area contributed by atoms with Crippen molar-refractivity contribution in [2.24, 2.45) is 0 Å². The standard InChI is InChI=1S/C31H39N3O6S2/c1-7-40-26-13-11-25(12-14-26)34(42(37,38)29-17-15-28(41-6)16-18-29)21-30(35)33(23(4)31(36)32-22(2)3)20-24-9-8-10-27(19-24)39-5/h8-19,22-23H,7,20-21H2,1-6H3,(H,32,36). The van der Waals surface area contributed by atoms with Gasteiger partial charge in [0.05, 0.1) is 24.3 Å². The minimum Gasteiger partial charge on any atom is -0.497 e. The quantitative estimate of drug-likeness (QED) is 0.257. The number of hydrogen-bond acceptors (Lipinski definition) is 7. The maximum absolute atomic E-state index is 14.0. The fourth-order valence-electron chi connectivity index (χ4n) is 4.23. The summed E-state index contributed by atoms with van der Waals surface area (Å²) in [7, 11) is -2.62. The van der Waals surface area contributed by atoms with Crippen molar-refractivity contribution in [1.82, 2.24) is 10.2 Å². The molecule has 226 valence electrons. The van der Waals surface area contributed by atoms with Gasteiger partial charge in [-0.2, -0.15) is 0 Å². The van der Waals surface area contributed by atoms with Crippen LogP contribution in [0.4, 0.5) is 5.69 Å². The van der Waals surface area contributed by atoms with E-state index >= 15 is 0 Å². The number of thioether (sulfide) groups is 1. The SMILES string of the molecule is CCOc1ccc(N(CC(=O)N(Cc2cccc(OC)c2)C(C)C(=O)NC(C)C)S(=O)(=O)c2ccc(SC)cc2)cc1. The molecule has 0 heterocycles. The van der Waals surface area contributed by atoms with Crippen LogP contribution in [0.15, 0.2) is 82.6 Å². The number of anilines is 1. The predicted molar refractivity (Wildman–Crippen MR) is 167 cm³/mol. The molecule has 0 aromatic heterocycles. The van der Waals surface area contributed by atoms with Crippen molar-refractivity contribution in [3.8, 4) is 11.5 Å². The van der Waals surface area contributed by atoms with Gasteiger partial charge >= 0.3 is 0 Å². The van der Waals surface area contributed by atoms with Crippen molar-refractivity contribution < 1.29 is 27.5 Å². The first-order chi connectivity index (χ1) is 20.0. The first kappa shape index (κ1) is 32.8. The van der Waals surface area contributed by atoms with Crippen LogP contribution in [0.5, 0.6) is 11.5 Å². The topological polar surface area (TPSA) is 105 Å². The zero-order valence-electron chi connectivity index (χ0n) is 24.9. The Bertz CT molecular complexity index is 1440. The maximum atomic E-state index is 14.0. The summed E-state index contributed by atoms with van der Waals surface area (Å²) in [5.41, 5.74) is 1.02. The van der Waals surface area contributed by atoms with Crippen molar-refractivity contribution >= 4 is 39.3 Å². The van der Waals surface area contributed by atoms with Crippen molar-refractivity contribution in [2.45, 2.75) is 56.1 Å². The van der Waals surface area contributed by atoms with Crippen LogP contribution in [-0.4, -0.2) is 63.7 Å². The summed E-state index contributed by atoms with van der Waals surface area (Å²) in [6, 6.07) is 19.2. The lowest BCUT2D eigenvalue weighted by Crippen LogP contribution is -2.52. The summed E-state index contributed by atoms with van der Waals surface area (Å²) in [6.45, 7) is 7.16. The Balaban J connectivity index is 2.04. The second-order valence-corrected chi connectivity index (χ2v) is 12.6. The normalized spacial score (nSPS) is 12.0. The largest absolute Gasteiger partial charge is 0.497 e. The third-order valence-corrected chi connectivity index (χ3v) is 8.98. The van der Waals surface area contributed by atoms with Crippen LogP contribution >= 0.6 is 11.8 Å². The Kier molecular flexibility index (Phi) is 11.7. The van der Waals surface area contributed by atoms with Crippen LogP contribution in [0.1, 0.15) is 33.3 Å². The van der Waals surface area contributed by atoms with Gasteiger partial charge in [0.2, 0.25) is 11.8 Å². The first-order valence-electron chi connectivity index (χ1n) is 13.6. The molecule has 0 bridgehead atoms. The van der Waals surface area contributed by atoms with E-state index in [1.807, 2.05) is 33.1 Å². The number of carbonyl (C=O) groups is 2. The fourth-order valence-corrected chi connectivity index (χ4v) is 6.06. The van der Waals surface area contributed by atoms with Gasteiger partial charge < -0.3 is 19.7 Å². The molecule has 1 N–H and O–H groups in total. The number of nitrogens with one attached hydrogen (secondary N) is 1. The van der Waals surface area contributed by atoms with Gasteiger partial charge in [0.1, 0.15) is 24.1 Å². The number of hydrogen-bond donors (Lipinski definition) is 1. The van der Waals surface area contributed by atoms with Gasteiger partial charge in [-0.15, -0.1) is 11.8 Å². The number of carbonyl (C=O) groups excluding carboxylic acids is 2. The lowest BCUT2D eigenvalue weighted by Gasteiger charge is -2.32. The van der Waals surface area contributed by atoms with Gasteiger partial charge in [0.25, 0.3) is 10.0 Å². The minimum absolute atomic E-state index is 0.0481. The third kappa shape index (κ3) is 8.42. The molecular formula is C31H39N3O6S2. The summed E-state index contributed by atoms with van der Waals surface area (Å²) in [5, 5.41) is 2.85. The molecule has 42 heavy (non-hydrogen) atoms. The van der Waals surface area contributed by atoms with Gasteiger partial charge in [-0.05, 0) is 100 Å². The van der Waals surface area contributed by atoms with Crippen LogP contribution in [-0.2, 0) is 26.2 Å². The number of amides is 2. The average Bonchev–Trinajstić information content (AvgIpc) is 2.98. The lowest BCUT2D eigenvalue weighted by molar-refractivity contribution is -0.139. The molecule has 0 radical (unpaired) electrons. The van der Waals surface area contributed by atoms with Crippen molar-refractivity contribution in [3.63, 3.8) is 0 Å². The van der Waals surface area contributed by atoms with Gasteiger partial charge in [-0.25, -0.2) is 8.42 Å².